The maximum Gasteiger partial charge on any atom is 0.269 e. The second-order valence-electron chi connectivity index (χ2n) is 6.18. The summed E-state index contributed by atoms with van der Waals surface area (Å²) in [6.07, 6.45) is 1.54. The van der Waals surface area contributed by atoms with Gasteiger partial charge in [-0.2, -0.15) is 5.26 Å². The summed E-state index contributed by atoms with van der Waals surface area (Å²) in [6.45, 7) is 0.157. The molecular formula is C22H13BrClFN2O3. The fourth-order valence-corrected chi connectivity index (χ4v) is 3.68. The molecule has 8 heteroatoms. The van der Waals surface area contributed by atoms with Gasteiger partial charge in [-0.1, -0.05) is 29.8 Å². The SMILES string of the molecule is N#CC(=Cc1cc(Cl)c(OCc2ccc([N+](=O)[O-])cc2)c(Br)c1)c1ccccc1F. The van der Waals surface area contributed by atoms with Gasteiger partial charge in [0.05, 0.1) is 26.1 Å². The molecule has 5 nitrogen and oxygen atoms in total. The molecule has 0 aliphatic heterocycles. The Morgan fingerprint density at radius 2 is 1.93 bits per heavy atom. The third kappa shape index (κ3) is 5.03. The lowest BCUT2D eigenvalue weighted by Crippen LogP contribution is -1.98. The summed E-state index contributed by atoms with van der Waals surface area (Å²) in [6, 6.07) is 17.3. The molecule has 0 spiro atoms. The third-order valence-electron chi connectivity index (χ3n) is 4.15. The molecule has 0 aliphatic rings. The number of rotatable bonds is 6. The topological polar surface area (TPSA) is 76.2 Å². The van der Waals surface area contributed by atoms with Crippen molar-refractivity contribution in [2.75, 3.05) is 0 Å². The minimum absolute atomic E-state index is 0.00254. The number of nitriles is 1. The van der Waals surface area contributed by atoms with Crippen molar-refractivity contribution in [2.24, 2.45) is 0 Å². The van der Waals surface area contributed by atoms with Gasteiger partial charge in [0.25, 0.3) is 5.69 Å². The van der Waals surface area contributed by atoms with Gasteiger partial charge in [0.2, 0.25) is 0 Å². The molecule has 0 unspecified atom stereocenters. The van der Waals surface area contributed by atoms with E-state index in [1.54, 1.807) is 36.4 Å². The van der Waals surface area contributed by atoms with Gasteiger partial charge in [-0.15, -0.1) is 0 Å². The zero-order chi connectivity index (χ0) is 21.7. The first-order valence-corrected chi connectivity index (χ1v) is 9.78. The van der Waals surface area contributed by atoms with E-state index >= 15 is 0 Å². The number of halogens is 3. The second kappa shape index (κ2) is 9.53. The molecule has 150 valence electrons. The zero-order valence-electron chi connectivity index (χ0n) is 15.3. The summed E-state index contributed by atoms with van der Waals surface area (Å²) in [5.74, 6) is -0.102. The molecule has 30 heavy (non-hydrogen) atoms. The zero-order valence-corrected chi connectivity index (χ0v) is 17.7. The second-order valence-corrected chi connectivity index (χ2v) is 7.44. The first kappa shape index (κ1) is 21.5. The lowest BCUT2D eigenvalue weighted by atomic mass is 10.0. The summed E-state index contributed by atoms with van der Waals surface area (Å²) < 4.78 is 20.3. The van der Waals surface area contributed by atoms with Crippen molar-refractivity contribution in [1.82, 2.24) is 0 Å². The minimum atomic E-state index is -0.487. The number of benzene rings is 3. The van der Waals surface area contributed by atoms with Crippen molar-refractivity contribution in [2.45, 2.75) is 6.61 Å². The Hall–Kier alpha value is -3.21. The summed E-state index contributed by atoms with van der Waals surface area (Å²) in [4.78, 5) is 10.3. The van der Waals surface area contributed by atoms with Gasteiger partial charge in [0.1, 0.15) is 12.4 Å². The number of hydrogen-bond donors (Lipinski definition) is 0. The number of ether oxygens (including phenoxy) is 1. The number of non-ortho nitro benzene ring substituents is 1. The average molecular weight is 488 g/mol. The molecule has 3 aromatic rings. The van der Waals surface area contributed by atoms with E-state index in [9.17, 15) is 19.8 Å². The molecule has 0 bridgehead atoms. The first-order valence-electron chi connectivity index (χ1n) is 8.61. The van der Waals surface area contributed by atoms with Crippen LogP contribution in [-0.2, 0) is 6.61 Å². The lowest BCUT2D eigenvalue weighted by Gasteiger charge is -2.11. The van der Waals surface area contributed by atoms with Crippen molar-refractivity contribution in [1.29, 1.82) is 5.26 Å². The molecule has 0 aromatic heterocycles. The number of nitro benzene ring substituents is 1. The van der Waals surface area contributed by atoms with E-state index in [-0.39, 0.29) is 23.4 Å². The fraction of sp³-hybridized carbons (Fsp3) is 0.0455. The van der Waals surface area contributed by atoms with Crippen LogP contribution in [0, 0.1) is 27.3 Å². The first-order chi connectivity index (χ1) is 14.4. The van der Waals surface area contributed by atoms with Crippen LogP contribution in [0.4, 0.5) is 10.1 Å². The van der Waals surface area contributed by atoms with E-state index in [0.717, 1.165) is 5.56 Å². The van der Waals surface area contributed by atoms with Gasteiger partial charge in [0.15, 0.2) is 5.75 Å². The van der Waals surface area contributed by atoms with Crippen LogP contribution in [-0.4, -0.2) is 4.92 Å². The Bertz CT molecular complexity index is 1150. The highest BCUT2D eigenvalue weighted by molar-refractivity contribution is 9.10. The summed E-state index contributed by atoms with van der Waals surface area (Å²) in [7, 11) is 0. The van der Waals surface area contributed by atoms with Crippen molar-refractivity contribution >= 4 is 44.9 Å². The Kier molecular flexibility index (Phi) is 6.83. The third-order valence-corrected chi connectivity index (χ3v) is 5.02. The maximum atomic E-state index is 14.0. The quantitative estimate of drug-likeness (QED) is 0.166. The molecule has 0 saturated heterocycles. The predicted molar refractivity (Wildman–Crippen MR) is 116 cm³/mol. The monoisotopic (exact) mass is 486 g/mol. The van der Waals surface area contributed by atoms with Crippen LogP contribution in [0.1, 0.15) is 16.7 Å². The van der Waals surface area contributed by atoms with Crippen LogP contribution in [0.2, 0.25) is 5.02 Å². The Labute approximate surface area is 185 Å². The minimum Gasteiger partial charge on any atom is -0.486 e. The van der Waals surface area contributed by atoms with Gasteiger partial charge in [-0.05, 0) is 63.5 Å². The smallest absolute Gasteiger partial charge is 0.269 e. The van der Waals surface area contributed by atoms with Crippen LogP contribution in [0.5, 0.6) is 5.75 Å². The van der Waals surface area contributed by atoms with E-state index in [0.29, 0.717) is 20.8 Å². The van der Waals surface area contributed by atoms with Crippen LogP contribution >= 0.6 is 27.5 Å². The van der Waals surface area contributed by atoms with Crippen molar-refractivity contribution in [3.05, 3.63) is 103 Å². The normalized spacial score (nSPS) is 11.1. The Morgan fingerprint density at radius 1 is 1.23 bits per heavy atom. The Morgan fingerprint density at radius 3 is 2.53 bits per heavy atom. The lowest BCUT2D eigenvalue weighted by molar-refractivity contribution is -0.384. The van der Waals surface area contributed by atoms with E-state index in [1.165, 1.54) is 30.3 Å². The Balaban J connectivity index is 1.82. The summed E-state index contributed by atoms with van der Waals surface area (Å²) >= 11 is 9.74. The summed E-state index contributed by atoms with van der Waals surface area (Å²) in [5, 5.41) is 20.4. The van der Waals surface area contributed by atoms with Crippen molar-refractivity contribution < 1.29 is 14.1 Å². The van der Waals surface area contributed by atoms with E-state index in [1.807, 2.05) is 6.07 Å². The molecular weight excluding hydrogens is 475 g/mol. The highest BCUT2D eigenvalue weighted by Gasteiger charge is 2.12. The van der Waals surface area contributed by atoms with E-state index < -0.39 is 10.7 Å². The van der Waals surface area contributed by atoms with Gasteiger partial charge in [0, 0.05) is 17.7 Å². The predicted octanol–water partition coefficient (Wildman–Crippen LogP) is 6.79. The highest BCUT2D eigenvalue weighted by Crippen LogP contribution is 2.36. The average Bonchev–Trinajstić information content (AvgIpc) is 2.72. The van der Waals surface area contributed by atoms with Crippen LogP contribution in [0.15, 0.2) is 65.1 Å². The number of hydrogen-bond acceptors (Lipinski definition) is 4. The van der Waals surface area contributed by atoms with Gasteiger partial charge in [-0.3, -0.25) is 10.1 Å². The highest BCUT2D eigenvalue weighted by atomic mass is 79.9. The molecule has 0 aliphatic carbocycles. The molecule has 0 N–H and O–H groups in total. The number of nitro groups is 1. The molecule has 0 fully saturated rings. The van der Waals surface area contributed by atoms with Crippen LogP contribution in [0.3, 0.4) is 0 Å². The van der Waals surface area contributed by atoms with E-state index in [4.69, 9.17) is 16.3 Å². The van der Waals surface area contributed by atoms with Gasteiger partial charge in [-0.25, -0.2) is 4.39 Å². The largest absolute Gasteiger partial charge is 0.486 e. The standard InChI is InChI=1S/C22H13BrClFN2O3/c23-19-10-15(9-16(12-26)18-3-1-2-4-21(18)25)11-20(24)22(19)30-13-14-5-7-17(8-6-14)27(28)29/h1-11H,13H2. The summed E-state index contributed by atoms with van der Waals surface area (Å²) in [5.41, 5.74) is 1.69. The molecule has 0 atom stereocenters. The molecule has 0 amide bonds. The molecule has 0 heterocycles. The van der Waals surface area contributed by atoms with Crippen LogP contribution < -0.4 is 4.74 Å². The van der Waals surface area contributed by atoms with Gasteiger partial charge >= 0.3 is 0 Å². The van der Waals surface area contributed by atoms with E-state index in [2.05, 4.69) is 15.9 Å². The molecule has 3 rings (SSSR count). The van der Waals surface area contributed by atoms with Gasteiger partial charge < -0.3 is 4.74 Å². The number of nitrogens with zero attached hydrogens (tertiary/aromatic N) is 2. The number of allylic oxidation sites excluding steroid dienone is 1. The van der Waals surface area contributed by atoms with Crippen LogP contribution in [0.25, 0.3) is 11.6 Å². The van der Waals surface area contributed by atoms with Crippen molar-refractivity contribution in [3.8, 4) is 11.8 Å². The fourth-order valence-electron chi connectivity index (χ4n) is 2.69. The van der Waals surface area contributed by atoms with Crippen molar-refractivity contribution in [3.63, 3.8) is 0 Å². The molecule has 0 saturated carbocycles. The molecule has 0 radical (unpaired) electrons. The molecule has 3 aromatic carbocycles. The maximum absolute atomic E-state index is 14.0.